The monoisotopic (exact) mass is 334 g/mol. The molecule has 1 heterocycles. The molecule has 120 valence electrons. The molecule has 0 bridgehead atoms. The van der Waals surface area contributed by atoms with Crippen LogP contribution in [0.5, 0.6) is 5.75 Å². The zero-order chi connectivity index (χ0) is 16.7. The fraction of sp³-hybridized carbons (Fsp3) is 0.357. The number of rotatable bonds is 3. The summed E-state index contributed by atoms with van der Waals surface area (Å²) in [5.41, 5.74) is 0.635. The number of benzene rings is 1. The second-order valence-electron chi connectivity index (χ2n) is 5.04. The topological polar surface area (TPSA) is 36.2 Å². The van der Waals surface area contributed by atoms with Crippen molar-refractivity contribution >= 4 is 11.6 Å². The van der Waals surface area contributed by atoms with Gasteiger partial charge in [0.05, 0.1) is 11.4 Å². The molecule has 0 radical (unpaired) electrons. The first-order valence-corrected chi connectivity index (χ1v) is 6.83. The standard InChI is InChI=1S/C14H14ClF3N2O2/c1-8(2)12-11(15)13(21)20(19(12)3)9-4-6-10(7-5-9)22-14(16,17)18/h4-8H,1-3H3. The highest BCUT2D eigenvalue weighted by Gasteiger charge is 2.31. The van der Waals surface area contributed by atoms with Crippen LogP contribution in [-0.4, -0.2) is 15.7 Å². The molecule has 0 amide bonds. The van der Waals surface area contributed by atoms with Crippen molar-refractivity contribution in [2.45, 2.75) is 26.1 Å². The third-order valence-corrected chi connectivity index (χ3v) is 3.47. The Balaban J connectivity index is 2.46. The Bertz CT molecular complexity index is 730. The van der Waals surface area contributed by atoms with E-state index in [1.807, 2.05) is 13.8 Å². The first-order valence-electron chi connectivity index (χ1n) is 6.45. The number of nitrogens with zero attached hydrogens (tertiary/aromatic N) is 2. The summed E-state index contributed by atoms with van der Waals surface area (Å²) in [6.45, 7) is 3.79. The molecule has 0 saturated heterocycles. The molecule has 0 atom stereocenters. The van der Waals surface area contributed by atoms with Crippen LogP contribution >= 0.6 is 11.6 Å². The summed E-state index contributed by atoms with van der Waals surface area (Å²) in [5, 5.41) is 0.105. The van der Waals surface area contributed by atoms with Gasteiger partial charge in [-0.2, -0.15) is 0 Å². The molecule has 0 fully saturated rings. The largest absolute Gasteiger partial charge is 0.573 e. The van der Waals surface area contributed by atoms with Gasteiger partial charge < -0.3 is 4.74 Å². The van der Waals surface area contributed by atoms with Gasteiger partial charge in [0.15, 0.2) is 0 Å². The van der Waals surface area contributed by atoms with Gasteiger partial charge in [-0.05, 0) is 30.2 Å². The van der Waals surface area contributed by atoms with E-state index in [0.29, 0.717) is 11.4 Å². The summed E-state index contributed by atoms with van der Waals surface area (Å²) in [6.07, 6.45) is -4.75. The zero-order valence-corrected chi connectivity index (χ0v) is 12.9. The quantitative estimate of drug-likeness (QED) is 0.854. The molecular formula is C14H14ClF3N2O2. The van der Waals surface area contributed by atoms with Crippen LogP contribution in [0.4, 0.5) is 13.2 Å². The Morgan fingerprint density at radius 1 is 1.18 bits per heavy atom. The number of hydrogen-bond donors (Lipinski definition) is 0. The summed E-state index contributed by atoms with van der Waals surface area (Å²) in [4.78, 5) is 12.2. The van der Waals surface area contributed by atoms with Crippen LogP contribution in [0, 0.1) is 0 Å². The lowest BCUT2D eigenvalue weighted by molar-refractivity contribution is -0.274. The molecule has 0 unspecified atom stereocenters. The molecule has 1 aromatic carbocycles. The zero-order valence-electron chi connectivity index (χ0n) is 12.1. The van der Waals surface area contributed by atoms with E-state index >= 15 is 0 Å². The van der Waals surface area contributed by atoms with Crippen molar-refractivity contribution < 1.29 is 17.9 Å². The third-order valence-electron chi connectivity index (χ3n) is 3.12. The normalized spacial score (nSPS) is 12.0. The van der Waals surface area contributed by atoms with Gasteiger partial charge in [-0.15, -0.1) is 13.2 Å². The van der Waals surface area contributed by atoms with E-state index in [1.54, 1.807) is 11.7 Å². The first kappa shape index (κ1) is 16.5. The summed E-state index contributed by atoms with van der Waals surface area (Å²) in [6, 6.07) is 5.02. The molecule has 2 aromatic rings. The Labute approximate surface area is 129 Å². The number of aromatic nitrogens is 2. The Morgan fingerprint density at radius 3 is 2.14 bits per heavy atom. The molecule has 22 heavy (non-hydrogen) atoms. The van der Waals surface area contributed by atoms with Gasteiger partial charge >= 0.3 is 6.36 Å². The Kier molecular flexibility index (Phi) is 4.28. The first-order chi connectivity index (χ1) is 10.1. The van der Waals surface area contributed by atoms with Crippen LogP contribution in [-0.2, 0) is 7.05 Å². The molecule has 2 rings (SSSR count). The number of halogens is 4. The molecule has 1 aromatic heterocycles. The SMILES string of the molecule is CC(C)c1c(Cl)c(=O)n(-c2ccc(OC(F)(F)F)cc2)n1C. The van der Waals surface area contributed by atoms with Gasteiger partial charge in [0.2, 0.25) is 0 Å². The lowest BCUT2D eigenvalue weighted by Crippen LogP contribution is -2.20. The average Bonchev–Trinajstić information content (AvgIpc) is 2.60. The van der Waals surface area contributed by atoms with Gasteiger partial charge in [-0.1, -0.05) is 25.4 Å². The van der Waals surface area contributed by atoms with Crippen molar-refractivity contribution in [3.63, 3.8) is 0 Å². The maximum absolute atomic E-state index is 12.2. The minimum atomic E-state index is -4.75. The second-order valence-corrected chi connectivity index (χ2v) is 5.41. The smallest absolute Gasteiger partial charge is 0.406 e. The van der Waals surface area contributed by atoms with Crippen LogP contribution in [0.25, 0.3) is 5.69 Å². The van der Waals surface area contributed by atoms with Gasteiger partial charge in [-0.25, -0.2) is 4.68 Å². The third kappa shape index (κ3) is 3.14. The summed E-state index contributed by atoms with van der Waals surface area (Å²) >= 11 is 6.05. The maximum Gasteiger partial charge on any atom is 0.573 e. The molecule has 0 aliphatic rings. The molecule has 8 heteroatoms. The van der Waals surface area contributed by atoms with Crippen molar-refractivity contribution in [1.82, 2.24) is 9.36 Å². The van der Waals surface area contributed by atoms with Gasteiger partial charge in [0, 0.05) is 7.05 Å². The number of alkyl halides is 3. The minimum Gasteiger partial charge on any atom is -0.406 e. The summed E-state index contributed by atoms with van der Waals surface area (Å²) < 4.78 is 43.1. The van der Waals surface area contributed by atoms with E-state index in [9.17, 15) is 18.0 Å². The molecule has 4 nitrogen and oxygen atoms in total. The lowest BCUT2D eigenvalue weighted by atomic mass is 10.1. The summed E-state index contributed by atoms with van der Waals surface area (Å²) in [7, 11) is 1.67. The van der Waals surface area contributed by atoms with Crippen LogP contribution < -0.4 is 10.3 Å². The average molecular weight is 335 g/mol. The van der Waals surface area contributed by atoms with Crippen LogP contribution in [0.1, 0.15) is 25.5 Å². The number of hydrogen-bond acceptors (Lipinski definition) is 2. The second kappa shape index (κ2) is 5.72. The maximum atomic E-state index is 12.2. The van der Waals surface area contributed by atoms with Gasteiger partial charge in [0.25, 0.3) is 5.56 Å². The van der Waals surface area contributed by atoms with E-state index in [1.165, 1.54) is 16.8 Å². The van der Waals surface area contributed by atoms with Gasteiger partial charge in [-0.3, -0.25) is 9.48 Å². The van der Waals surface area contributed by atoms with Crippen molar-refractivity contribution in [3.05, 3.63) is 45.3 Å². The molecule has 0 aliphatic heterocycles. The predicted molar refractivity (Wildman–Crippen MR) is 76.8 cm³/mol. The van der Waals surface area contributed by atoms with Crippen molar-refractivity contribution in [2.24, 2.45) is 7.05 Å². The molecule has 0 saturated carbocycles. The number of ether oxygens (including phenoxy) is 1. The predicted octanol–water partition coefficient (Wildman–Crippen LogP) is 3.85. The van der Waals surface area contributed by atoms with E-state index in [-0.39, 0.29) is 16.7 Å². The highest BCUT2D eigenvalue weighted by Crippen LogP contribution is 2.25. The lowest BCUT2D eigenvalue weighted by Gasteiger charge is -2.13. The van der Waals surface area contributed by atoms with Gasteiger partial charge in [0.1, 0.15) is 10.8 Å². The van der Waals surface area contributed by atoms with Crippen molar-refractivity contribution in [3.8, 4) is 11.4 Å². The molecule has 0 spiro atoms. The van der Waals surface area contributed by atoms with E-state index in [4.69, 9.17) is 11.6 Å². The molecule has 0 N–H and O–H groups in total. The highest BCUT2D eigenvalue weighted by atomic mass is 35.5. The van der Waals surface area contributed by atoms with Crippen molar-refractivity contribution in [2.75, 3.05) is 0 Å². The molecular weight excluding hydrogens is 321 g/mol. The van der Waals surface area contributed by atoms with E-state index in [2.05, 4.69) is 4.74 Å². The van der Waals surface area contributed by atoms with Crippen molar-refractivity contribution in [1.29, 1.82) is 0 Å². The minimum absolute atomic E-state index is 0.0271. The van der Waals surface area contributed by atoms with Crippen LogP contribution in [0.15, 0.2) is 29.1 Å². The Hall–Kier alpha value is -1.89. The van der Waals surface area contributed by atoms with Crippen LogP contribution in [0.3, 0.4) is 0 Å². The highest BCUT2D eigenvalue weighted by molar-refractivity contribution is 6.31. The fourth-order valence-electron chi connectivity index (χ4n) is 2.30. The summed E-state index contributed by atoms with van der Waals surface area (Å²) in [5.74, 6) is -0.326. The van der Waals surface area contributed by atoms with E-state index < -0.39 is 11.9 Å². The molecule has 0 aliphatic carbocycles. The van der Waals surface area contributed by atoms with Crippen LogP contribution in [0.2, 0.25) is 5.02 Å². The van der Waals surface area contributed by atoms with E-state index in [0.717, 1.165) is 12.1 Å². The fourth-order valence-corrected chi connectivity index (χ4v) is 2.72. The Morgan fingerprint density at radius 2 is 1.73 bits per heavy atom.